The zero-order valence-corrected chi connectivity index (χ0v) is 12.3. The van der Waals surface area contributed by atoms with Crippen LogP contribution in [-0.4, -0.2) is 4.98 Å². The summed E-state index contributed by atoms with van der Waals surface area (Å²) in [6.07, 6.45) is 0. The molecule has 0 radical (unpaired) electrons. The van der Waals surface area contributed by atoms with Crippen LogP contribution in [0, 0.1) is 13.8 Å². The van der Waals surface area contributed by atoms with Crippen molar-refractivity contribution in [2.24, 2.45) is 0 Å². The molecule has 0 amide bonds. The van der Waals surface area contributed by atoms with Crippen molar-refractivity contribution in [3.63, 3.8) is 0 Å². The van der Waals surface area contributed by atoms with E-state index in [2.05, 4.69) is 51.4 Å². The number of aryl methyl sites for hydroxylation is 2. The molecule has 3 heteroatoms. The van der Waals surface area contributed by atoms with E-state index in [1.165, 1.54) is 11.1 Å². The van der Waals surface area contributed by atoms with Crippen molar-refractivity contribution < 1.29 is 0 Å². The Morgan fingerprint density at radius 3 is 2.67 bits per heavy atom. The summed E-state index contributed by atoms with van der Waals surface area (Å²) in [6, 6.07) is 12.5. The highest BCUT2D eigenvalue weighted by Gasteiger charge is 1.98. The standard InChI is InChI=1S/C15H17BrN2/c1-11-6-7-13(8-15(11)16)9-17-10-14-5-3-4-12(2)18-14/h3-8,17H,9-10H2,1-2H3. The molecule has 0 atom stereocenters. The SMILES string of the molecule is Cc1cccc(CNCc2ccc(C)c(Br)c2)n1. The molecule has 18 heavy (non-hydrogen) atoms. The smallest absolute Gasteiger partial charge is 0.0544 e. The van der Waals surface area contributed by atoms with E-state index in [1.54, 1.807) is 0 Å². The summed E-state index contributed by atoms with van der Waals surface area (Å²) in [4.78, 5) is 4.46. The topological polar surface area (TPSA) is 24.9 Å². The van der Waals surface area contributed by atoms with Gasteiger partial charge in [0, 0.05) is 23.3 Å². The number of pyridine rings is 1. The maximum atomic E-state index is 4.46. The fourth-order valence-corrected chi connectivity index (χ4v) is 2.21. The lowest BCUT2D eigenvalue weighted by molar-refractivity contribution is 0.678. The highest BCUT2D eigenvalue weighted by atomic mass is 79.9. The summed E-state index contributed by atoms with van der Waals surface area (Å²) in [7, 11) is 0. The Bertz CT molecular complexity index is 538. The largest absolute Gasteiger partial charge is 0.307 e. The molecule has 1 aromatic heterocycles. The van der Waals surface area contributed by atoms with Gasteiger partial charge < -0.3 is 5.32 Å². The van der Waals surface area contributed by atoms with E-state index in [1.807, 2.05) is 25.1 Å². The first kappa shape index (κ1) is 13.2. The molecule has 2 nitrogen and oxygen atoms in total. The quantitative estimate of drug-likeness (QED) is 0.930. The minimum atomic E-state index is 0.799. The van der Waals surface area contributed by atoms with Gasteiger partial charge in [-0.1, -0.05) is 34.1 Å². The van der Waals surface area contributed by atoms with E-state index < -0.39 is 0 Å². The van der Waals surface area contributed by atoms with E-state index in [0.29, 0.717) is 0 Å². The van der Waals surface area contributed by atoms with Crippen molar-refractivity contribution in [2.45, 2.75) is 26.9 Å². The molecule has 1 aromatic carbocycles. The van der Waals surface area contributed by atoms with E-state index in [-0.39, 0.29) is 0 Å². The number of halogens is 1. The third kappa shape index (κ3) is 3.65. The molecular weight excluding hydrogens is 288 g/mol. The summed E-state index contributed by atoms with van der Waals surface area (Å²) < 4.78 is 1.16. The third-order valence-corrected chi connectivity index (χ3v) is 3.67. The summed E-state index contributed by atoms with van der Waals surface area (Å²) in [5, 5.41) is 3.41. The fraction of sp³-hybridized carbons (Fsp3) is 0.267. The third-order valence-electron chi connectivity index (χ3n) is 2.82. The van der Waals surface area contributed by atoms with Gasteiger partial charge in [-0.3, -0.25) is 4.98 Å². The number of nitrogens with one attached hydrogen (secondary N) is 1. The van der Waals surface area contributed by atoms with Gasteiger partial charge in [0.2, 0.25) is 0 Å². The van der Waals surface area contributed by atoms with Gasteiger partial charge in [0.05, 0.1) is 5.69 Å². The van der Waals surface area contributed by atoms with E-state index in [0.717, 1.165) is 29.0 Å². The van der Waals surface area contributed by atoms with Crippen LogP contribution >= 0.6 is 15.9 Å². The van der Waals surface area contributed by atoms with Crippen LogP contribution < -0.4 is 5.32 Å². The first-order valence-corrected chi connectivity index (χ1v) is 6.83. The average molecular weight is 305 g/mol. The molecule has 0 fully saturated rings. The number of rotatable bonds is 4. The molecule has 0 aliphatic carbocycles. The molecule has 94 valence electrons. The van der Waals surface area contributed by atoms with Crippen molar-refractivity contribution in [3.8, 4) is 0 Å². The zero-order valence-electron chi connectivity index (χ0n) is 10.7. The van der Waals surface area contributed by atoms with Crippen molar-refractivity contribution in [1.82, 2.24) is 10.3 Å². The second kappa shape index (κ2) is 6.12. The first-order chi connectivity index (χ1) is 8.65. The Balaban J connectivity index is 1.90. The fourth-order valence-electron chi connectivity index (χ4n) is 1.78. The Labute approximate surface area is 117 Å². The van der Waals surface area contributed by atoms with Gasteiger partial charge in [-0.05, 0) is 43.2 Å². The van der Waals surface area contributed by atoms with E-state index in [4.69, 9.17) is 0 Å². The van der Waals surface area contributed by atoms with Gasteiger partial charge in [-0.25, -0.2) is 0 Å². The molecule has 1 heterocycles. The van der Waals surface area contributed by atoms with E-state index >= 15 is 0 Å². The van der Waals surface area contributed by atoms with Gasteiger partial charge in [0.15, 0.2) is 0 Å². The monoisotopic (exact) mass is 304 g/mol. The Morgan fingerprint density at radius 2 is 1.94 bits per heavy atom. The summed E-state index contributed by atoms with van der Waals surface area (Å²) in [5.41, 5.74) is 4.69. The Kier molecular flexibility index (Phi) is 4.50. The number of nitrogens with zero attached hydrogens (tertiary/aromatic N) is 1. The molecule has 0 bridgehead atoms. The molecule has 0 aliphatic rings. The Hall–Kier alpha value is -1.19. The highest BCUT2D eigenvalue weighted by Crippen LogP contribution is 2.17. The normalized spacial score (nSPS) is 10.6. The van der Waals surface area contributed by atoms with Crippen LogP contribution in [0.25, 0.3) is 0 Å². The number of hydrogen-bond acceptors (Lipinski definition) is 2. The predicted molar refractivity (Wildman–Crippen MR) is 78.4 cm³/mol. The lowest BCUT2D eigenvalue weighted by Crippen LogP contribution is -2.13. The van der Waals surface area contributed by atoms with Crippen molar-refractivity contribution in [2.75, 3.05) is 0 Å². The second-order valence-corrected chi connectivity index (χ2v) is 5.31. The zero-order chi connectivity index (χ0) is 13.0. The van der Waals surface area contributed by atoms with Gasteiger partial charge in [-0.2, -0.15) is 0 Å². The molecule has 0 unspecified atom stereocenters. The average Bonchev–Trinajstić information content (AvgIpc) is 2.34. The van der Waals surface area contributed by atoms with Crippen LogP contribution in [0.3, 0.4) is 0 Å². The minimum absolute atomic E-state index is 0.799. The maximum absolute atomic E-state index is 4.46. The predicted octanol–water partition coefficient (Wildman–Crippen LogP) is 3.75. The van der Waals surface area contributed by atoms with Crippen LogP contribution in [-0.2, 0) is 13.1 Å². The second-order valence-electron chi connectivity index (χ2n) is 4.46. The molecule has 0 saturated heterocycles. The van der Waals surface area contributed by atoms with Crippen LogP contribution in [0.15, 0.2) is 40.9 Å². The minimum Gasteiger partial charge on any atom is -0.307 e. The molecule has 1 N–H and O–H groups in total. The number of benzene rings is 1. The van der Waals surface area contributed by atoms with Gasteiger partial charge in [0.25, 0.3) is 0 Å². The summed E-state index contributed by atoms with van der Waals surface area (Å²) >= 11 is 3.55. The van der Waals surface area contributed by atoms with Crippen LogP contribution in [0.2, 0.25) is 0 Å². The van der Waals surface area contributed by atoms with Crippen molar-refractivity contribution >= 4 is 15.9 Å². The number of aromatic nitrogens is 1. The van der Waals surface area contributed by atoms with Gasteiger partial charge in [-0.15, -0.1) is 0 Å². The number of hydrogen-bond donors (Lipinski definition) is 1. The van der Waals surface area contributed by atoms with Crippen LogP contribution in [0.1, 0.15) is 22.5 Å². The molecule has 0 saturated carbocycles. The van der Waals surface area contributed by atoms with Crippen LogP contribution in [0.5, 0.6) is 0 Å². The lowest BCUT2D eigenvalue weighted by atomic mass is 10.1. The van der Waals surface area contributed by atoms with Gasteiger partial charge in [0.1, 0.15) is 0 Å². The molecule has 0 spiro atoms. The molecule has 0 aliphatic heterocycles. The highest BCUT2D eigenvalue weighted by molar-refractivity contribution is 9.10. The molecule has 2 rings (SSSR count). The molecular formula is C15H17BrN2. The summed E-state index contributed by atoms with van der Waals surface area (Å²) in [5.74, 6) is 0. The lowest BCUT2D eigenvalue weighted by Gasteiger charge is -2.07. The first-order valence-electron chi connectivity index (χ1n) is 6.03. The Morgan fingerprint density at radius 1 is 1.11 bits per heavy atom. The van der Waals surface area contributed by atoms with Crippen molar-refractivity contribution in [3.05, 3.63) is 63.4 Å². The van der Waals surface area contributed by atoms with Gasteiger partial charge >= 0.3 is 0 Å². The maximum Gasteiger partial charge on any atom is 0.0544 e. The summed E-state index contributed by atoms with van der Waals surface area (Å²) in [6.45, 7) is 5.76. The van der Waals surface area contributed by atoms with E-state index in [9.17, 15) is 0 Å². The van der Waals surface area contributed by atoms with Crippen LogP contribution in [0.4, 0.5) is 0 Å². The molecule has 2 aromatic rings. The van der Waals surface area contributed by atoms with Crippen molar-refractivity contribution in [1.29, 1.82) is 0 Å².